The number of hydrogen-bond acceptors (Lipinski definition) is 4. The van der Waals surface area contributed by atoms with Gasteiger partial charge in [0.1, 0.15) is 28.0 Å². The van der Waals surface area contributed by atoms with Crippen LogP contribution in [0.2, 0.25) is 0 Å². The summed E-state index contributed by atoms with van der Waals surface area (Å²) in [4.78, 5) is 26.3. The van der Waals surface area contributed by atoms with Gasteiger partial charge in [0, 0.05) is 5.69 Å². The predicted octanol–water partition coefficient (Wildman–Crippen LogP) is 5.05. The van der Waals surface area contributed by atoms with Crippen LogP contribution in [0.3, 0.4) is 0 Å². The van der Waals surface area contributed by atoms with Crippen molar-refractivity contribution in [3.8, 4) is 11.5 Å². The highest BCUT2D eigenvalue weighted by Crippen LogP contribution is 2.31. The highest BCUT2D eigenvalue weighted by atomic mass is 35.5. The van der Waals surface area contributed by atoms with Crippen LogP contribution in [0.4, 0.5) is 15.8 Å². The summed E-state index contributed by atoms with van der Waals surface area (Å²) >= 11 is 6.09. The molecule has 1 aliphatic rings. The van der Waals surface area contributed by atoms with Gasteiger partial charge in [-0.05, 0) is 60.7 Å². The molecule has 3 aromatic carbocycles. The van der Waals surface area contributed by atoms with Crippen molar-refractivity contribution in [2.75, 3.05) is 10.2 Å². The number of carbonyl (C=O) groups excluding carboxylic acids is 2. The smallest absolute Gasteiger partial charge is 0.283 e. The first-order valence-electron chi connectivity index (χ1n) is 8.67. The maximum atomic E-state index is 13.1. The molecule has 0 bridgehead atoms. The van der Waals surface area contributed by atoms with Gasteiger partial charge in [-0.15, -0.1) is 0 Å². The van der Waals surface area contributed by atoms with E-state index >= 15 is 0 Å². The lowest BCUT2D eigenvalue weighted by atomic mass is 10.2. The minimum atomic E-state index is -0.641. The number of carbonyl (C=O) groups is 2. The van der Waals surface area contributed by atoms with Crippen molar-refractivity contribution in [1.82, 2.24) is 0 Å². The molecule has 0 unspecified atom stereocenters. The lowest BCUT2D eigenvalue weighted by Gasteiger charge is -2.15. The number of nitrogens with one attached hydrogen (secondary N) is 1. The van der Waals surface area contributed by atoms with Gasteiger partial charge in [-0.1, -0.05) is 29.8 Å². The van der Waals surface area contributed by atoms with E-state index in [1.54, 1.807) is 24.3 Å². The number of amides is 2. The van der Waals surface area contributed by atoms with Crippen molar-refractivity contribution in [3.05, 3.63) is 95.4 Å². The zero-order valence-corrected chi connectivity index (χ0v) is 15.7. The Labute approximate surface area is 171 Å². The van der Waals surface area contributed by atoms with Gasteiger partial charge in [-0.2, -0.15) is 0 Å². The van der Waals surface area contributed by atoms with E-state index in [-0.39, 0.29) is 10.7 Å². The number of nitrogens with zero attached hydrogens (tertiary/aromatic N) is 1. The van der Waals surface area contributed by atoms with E-state index in [0.717, 1.165) is 4.90 Å². The first-order chi connectivity index (χ1) is 14.0. The Morgan fingerprint density at radius 3 is 2.07 bits per heavy atom. The molecule has 3 aromatic rings. The highest BCUT2D eigenvalue weighted by molar-refractivity contribution is 6.53. The second kappa shape index (κ2) is 7.77. The summed E-state index contributed by atoms with van der Waals surface area (Å²) in [7, 11) is 0. The topological polar surface area (TPSA) is 58.6 Å². The van der Waals surface area contributed by atoms with Gasteiger partial charge >= 0.3 is 0 Å². The predicted molar refractivity (Wildman–Crippen MR) is 108 cm³/mol. The second-order valence-corrected chi connectivity index (χ2v) is 6.55. The van der Waals surface area contributed by atoms with Crippen LogP contribution in [0.5, 0.6) is 11.5 Å². The number of rotatable bonds is 5. The Kier molecular flexibility index (Phi) is 5.01. The number of ether oxygens (including phenoxy) is 1. The first kappa shape index (κ1) is 18.7. The van der Waals surface area contributed by atoms with Crippen LogP contribution in [0, 0.1) is 5.82 Å². The Hall–Kier alpha value is -3.64. The summed E-state index contributed by atoms with van der Waals surface area (Å²) < 4.78 is 18.8. The second-order valence-electron chi connectivity index (χ2n) is 6.18. The summed E-state index contributed by atoms with van der Waals surface area (Å²) in [5.41, 5.74) is 0.733. The molecule has 1 heterocycles. The van der Waals surface area contributed by atoms with E-state index in [1.807, 2.05) is 30.3 Å². The molecule has 5 nitrogen and oxygen atoms in total. The zero-order chi connectivity index (χ0) is 20.4. The third-order valence-electron chi connectivity index (χ3n) is 4.21. The molecule has 0 atom stereocenters. The van der Waals surface area contributed by atoms with Gasteiger partial charge < -0.3 is 10.1 Å². The molecule has 0 aromatic heterocycles. The first-order valence-corrected chi connectivity index (χ1v) is 9.05. The van der Waals surface area contributed by atoms with Gasteiger partial charge in [-0.25, -0.2) is 9.29 Å². The van der Waals surface area contributed by atoms with Gasteiger partial charge in [0.2, 0.25) is 0 Å². The van der Waals surface area contributed by atoms with Crippen LogP contribution >= 0.6 is 11.6 Å². The lowest BCUT2D eigenvalue weighted by molar-refractivity contribution is -0.120. The Morgan fingerprint density at radius 1 is 0.793 bits per heavy atom. The fourth-order valence-electron chi connectivity index (χ4n) is 2.81. The maximum Gasteiger partial charge on any atom is 0.283 e. The average Bonchev–Trinajstić information content (AvgIpc) is 2.94. The summed E-state index contributed by atoms with van der Waals surface area (Å²) in [6.07, 6.45) is 0. The molecule has 0 aliphatic carbocycles. The molecule has 1 N–H and O–H groups in total. The van der Waals surface area contributed by atoms with Crippen LogP contribution in [0.25, 0.3) is 0 Å². The molecule has 1 aliphatic heterocycles. The lowest BCUT2D eigenvalue weighted by Crippen LogP contribution is -2.32. The molecule has 0 spiro atoms. The molecule has 7 heteroatoms. The van der Waals surface area contributed by atoms with Crippen molar-refractivity contribution in [2.24, 2.45) is 0 Å². The number of imide groups is 1. The van der Waals surface area contributed by atoms with E-state index in [4.69, 9.17) is 16.3 Å². The summed E-state index contributed by atoms with van der Waals surface area (Å²) in [6, 6.07) is 21.1. The van der Waals surface area contributed by atoms with Crippen molar-refractivity contribution in [2.45, 2.75) is 0 Å². The fourth-order valence-corrected chi connectivity index (χ4v) is 3.02. The summed E-state index contributed by atoms with van der Waals surface area (Å²) in [5.74, 6) is -0.421. The molecule has 0 saturated heterocycles. The number of anilines is 2. The van der Waals surface area contributed by atoms with E-state index in [1.165, 1.54) is 24.3 Å². The maximum absolute atomic E-state index is 13.1. The zero-order valence-electron chi connectivity index (χ0n) is 14.9. The minimum Gasteiger partial charge on any atom is -0.457 e. The Balaban J connectivity index is 1.52. The van der Waals surface area contributed by atoms with E-state index in [9.17, 15) is 14.0 Å². The molecular weight excluding hydrogens is 395 g/mol. The summed E-state index contributed by atoms with van der Waals surface area (Å²) in [6.45, 7) is 0. The number of halogens is 2. The van der Waals surface area contributed by atoms with Crippen molar-refractivity contribution >= 4 is 34.8 Å². The monoisotopic (exact) mass is 408 g/mol. The molecule has 0 fully saturated rings. The average molecular weight is 409 g/mol. The van der Waals surface area contributed by atoms with Gasteiger partial charge in [0.15, 0.2) is 0 Å². The van der Waals surface area contributed by atoms with Crippen molar-refractivity contribution in [3.63, 3.8) is 0 Å². The molecule has 2 amide bonds. The molecule has 0 saturated carbocycles. The quantitative estimate of drug-likeness (QED) is 0.600. The SMILES string of the molecule is O=C1C(Cl)=C(Nc2ccc(F)cc2)C(=O)N1c1ccc(Oc2ccccc2)cc1. The Bertz CT molecular complexity index is 1100. The van der Waals surface area contributed by atoms with Crippen LogP contribution in [0.1, 0.15) is 0 Å². The van der Waals surface area contributed by atoms with Gasteiger partial charge in [0.25, 0.3) is 11.8 Å². The third-order valence-corrected chi connectivity index (χ3v) is 4.57. The number of para-hydroxylation sites is 1. The van der Waals surface area contributed by atoms with E-state index in [2.05, 4.69) is 5.32 Å². The number of hydrogen-bond donors (Lipinski definition) is 1. The molecule has 29 heavy (non-hydrogen) atoms. The van der Waals surface area contributed by atoms with Crippen LogP contribution in [0.15, 0.2) is 89.6 Å². The van der Waals surface area contributed by atoms with Crippen LogP contribution in [-0.2, 0) is 9.59 Å². The number of benzene rings is 3. The summed E-state index contributed by atoms with van der Waals surface area (Å²) in [5, 5.41) is 2.55. The van der Waals surface area contributed by atoms with Crippen molar-refractivity contribution in [1.29, 1.82) is 0 Å². The van der Waals surface area contributed by atoms with Crippen LogP contribution in [-0.4, -0.2) is 11.8 Å². The normalized spacial score (nSPS) is 13.8. The fraction of sp³-hybridized carbons (Fsp3) is 0. The van der Waals surface area contributed by atoms with Gasteiger partial charge in [-0.3, -0.25) is 9.59 Å². The molecule has 0 radical (unpaired) electrons. The van der Waals surface area contributed by atoms with E-state index in [0.29, 0.717) is 22.9 Å². The highest BCUT2D eigenvalue weighted by Gasteiger charge is 2.38. The van der Waals surface area contributed by atoms with E-state index < -0.39 is 17.6 Å². The third kappa shape index (κ3) is 3.83. The Morgan fingerprint density at radius 2 is 1.41 bits per heavy atom. The van der Waals surface area contributed by atoms with Crippen molar-refractivity contribution < 1.29 is 18.7 Å². The molecular formula is C22H14ClFN2O3. The molecule has 4 rings (SSSR count). The largest absolute Gasteiger partial charge is 0.457 e. The van der Waals surface area contributed by atoms with Crippen LogP contribution < -0.4 is 15.0 Å². The minimum absolute atomic E-state index is 0.0621. The van der Waals surface area contributed by atoms with Gasteiger partial charge in [0.05, 0.1) is 5.69 Å². The standard InChI is InChI=1S/C22H14ClFN2O3/c23-19-20(25-15-8-6-14(24)7-9-15)22(28)26(21(19)27)16-10-12-18(13-11-16)29-17-4-2-1-3-5-17/h1-13,25H. The molecule has 144 valence electrons.